The van der Waals surface area contributed by atoms with Crippen LogP contribution in [-0.2, 0) is 0 Å². The van der Waals surface area contributed by atoms with E-state index in [9.17, 15) is 0 Å². The van der Waals surface area contributed by atoms with Crippen LogP contribution in [0.4, 0.5) is 0 Å². The number of thioether (sulfide) groups is 1. The van der Waals surface area contributed by atoms with Gasteiger partial charge in [-0.05, 0) is 35.9 Å². The lowest BCUT2D eigenvalue weighted by Crippen LogP contribution is -2.09. The third kappa shape index (κ3) is 3.83. The summed E-state index contributed by atoms with van der Waals surface area (Å²) in [6.45, 7) is 0.501. The van der Waals surface area contributed by atoms with Gasteiger partial charge in [-0.1, -0.05) is 35.3 Å². The van der Waals surface area contributed by atoms with E-state index in [1.165, 1.54) is 0 Å². The summed E-state index contributed by atoms with van der Waals surface area (Å²) in [7, 11) is 1.65. The minimum atomic E-state index is 0.0982. The van der Waals surface area contributed by atoms with Gasteiger partial charge in [0.2, 0.25) is 0 Å². The molecular formula is C15H15Cl2NOS. The van der Waals surface area contributed by atoms with Crippen LogP contribution in [-0.4, -0.2) is 13.7 Å². The van der Waals surface area contributed by atoms with Gasteiger partial charge in [0.25, 0.3) is 0 Å². The van der Waals surface area contributed by atoms with Gasteiger partial charge >= 0.3 is 0 Å². The van der Waals surface area contributed by atoms with Gasteiger partial charge in [0, 0.05) is 21.7 Å². The van der Waals surface area contributed by atoms with Crippen LogP contribution in [0.25, 0.3) is 0 Å². The molecule has 0 aliphatic rings. The molecule has 106 valence electrons. The van der Waals surface area contributed by atoms with Crippen molar-refractivity contribution in [3.8, 4) is 5.75 Å². The molecule has 0 aliphatic heterocycles. The van der Waals surface area contributed by atoms with Gasteiger partial charge in [-0.25, -0.2) is 0 Å². The summed E-state index contributed by atoms with van der Waals surface area (Å²) in [6.07, 6.45) is 0. The van der Waals surface area contributed by atoms with Crippen LogP contribution in [0.15, 0.2) is 47.4 Å². The van der Waals surface area contributed by atoms with Crippen LogP contribution >= 0.6 is 35.0 Å². The van der Waals surface area contributed by atoms with Crippen molar-refractivity contribution in [1.29, 1.82) is 0 Å². The Hall–Kier alpha value is -0.870. The number of hydrogen-bond acceptors (Lipinski definition) is 3. The molecule has 0 saturated heterocycles. The normalized spacial score (nSPS) is 12.2. The van der Waals surface area contributed by atoms with Crippen molar-refractivity contribution in [3.05, 3.63) is 58.1 Å². The van der Waals surface area contributed by atoms with Crippen molar-refractivity contribution in [2.24, 2.45) is 5.73 Å². The maximum atomic E-state index is 6.20. The fourth-order valence-electron chi connectivity index (χ4n) is 1.81. The van der Waals surface area contributed by atoms with E-state index in [2.05, 4.69) is 0 Å². The van der Waals surface area contributed by atoms with Crippen LogP contribution in [0.2, 0.25) is 10.0 Å². The number of halogens is 2. The summed E-state index contributed by atoms with van der Waals surface area (Å²) < 4.78 is 5.25. The summed E-state index contributed by atoms with van der Waals surface area (Å²) in [5, 5.41) is 1.44. The second kappa shape index (κ2) is 7.23. The van der Waals surface area contributed by atoms with Crippen molar-refractivity contribution in [1.82, 2.24) is 0 Å². The van der Waals surface area contributed by atoms with E-state index in [1.54, 1.807) is 31.0 Å². The Morgan fingerprint density at radius 1 is 1.20 bits per heavy atom. The standard InChI is InChI=1S/C15H15Cl2NOS/c1-19-12-4-2-3-10(7-12)15(9-18)20-14-8-11(16)5-6-13(14)17/h2-8,15H,9,18H2,1H3. The molecule has 2 rings (SSSR count). The number of ether oxygens (including phenoxy) is 1. The topological polar surface area (TPSA) is 35.2 Å². The van der Waals surface area contributed by atoms with Crippen molar-refractivity contribution >= 4 is 35.0 Å². The van der Waals surface area contributed by atoms with E-state index in [1.807, 2.05) is 30.3 Å². The highest BCUT2D eigenvalue weighted by atomic mass is 35.5. The summed E-state index contributed by atoms with van der Waals surface area (Å²) in [4.78, 5) is 0.928. The molecule has 2 nitrogen and oxygen atoms in total. The van der Waals surface area contributed by atoms with Crippen LogP contribution < -0.4 is 10.5 Å². The molecule has 1 unspecified atom stereocenters. The smallest absolute Gasteiger partial charge is 0.119 e. The van der Waals surface area contributed by atoms with Crippen LogP contribution in [0.3, 0.4) is 0 Å². The van der Waals surface area contributed by atoms with Gasteiger partial charge in [-0.3, -0.25) is 0 Å². The molecule has 2 N–H and O–H groups in total. The second-order valence-electron chi connectivity index (χ2n) is 4.19. The molecule has 0 saturated carbocycles. The van der Waals surface area contributed by atoms with Gasteiger partial charge in [-0.2, -0.15) is 0 Å². The molecule has 0 heterocycles. The fraction of sp³-hybridized carbons (Fsp3) is 0.200. The van der Waals surface area contributed by atoms with E-state index in [0.717, 1.165) is 16.2 Å². The lowest BCUT2D eigenvalue weighted by molar-refractivity contribution is 0.414. The molecule has 0 fully saturated rings. The molecular weight excluding hydrogens is 313 g/mol. The predicted molar refractivity (Wildman–Crippen MR) is 87.1 cm³/mol. The van der Waals surface area contributed by atoms with Crippen LogP contribution in [0.5, 0.6) is 5.75 Å². The van der Waals surface area contributed by atoms with E-state index in [4.69, 9.17) is 33.7 Å². The number of methoxy groups -OCH3 is 1. The Bertz CT molecular complexity index is 592. The SMILES string of the molecule is COc1cccc(C(CN)Sc2cc(Cl)ccc2Cl)c1. The van der Waals surface area contributed by atoms with E-state index in [0.29, 0.717) is 16.6 Å². The summed E-state index contributed by atoms with van der Waals surface area (Å²) in [6, 6.07) is 13.3. The first-order chi connectivity index (χ1) is 9.63. The van der Waals surface area contributed by atoms with Gasteiger partial charge < -0.3 is 10.5 Å². The fourth-order valence-corrected chi connectivity index (χ4v) is 3.36. The van der Waals surface area contributed by atoms with E-state index < -0.39 is 0 Å². The molecule has 20 heavy (non-hydrogen) atoms. The first kappa shape index (κ1) is 15.5. The van der Waals surface area contributed by atoms with Crippen molar-refractivity contribution in [3.63, 3.8) is 0 Å². The van der Waals surface area contributed by atoms with Crippen LogP contribution in [0.1, 0.15) is 10.8 Å². The summed E-state index contributed by atoms with van der Waals surface area (Å²) in [5.41, 5.74) is 7.00. The van der Waals surface area contributed by atoms with Crippen molar-refractivity contribution in [2.45, 2.75) is 10.1 Å². The number of hydrogen-bond donors (Lipinski definition) is 1. The quantitative estimate of drug-likeness (QED) is 0.801. The highest BCUT2D eigenvalue weighted by molar-refractivity contribution is 7.99. The Labute approximate surface area is 133 Å². The number of benzene rings is 2. The van der Waals surface area contributed by atoms with Gasteiger partial charge in [0.05, 0.1) is 12.1 Å². The van der Waals surface area contributed by atoms with Crippen molar-refractivity contribution in [2.75, 3.05) is 13.7 Å². The van der Waals surface area contributed by atoms with Gasteiger partial charge in [0.1, 0.15) is 5.75 Å². The zero-order valence-electron chi connectivity index (χ0n) is 11.0. The molecule has 0 bridgehead atoms. The first-order valence-electron chi connectivity index (χ1n) is 6.09. The largest absolute Gasteiger partial charge is 0.497 e. The lowest BCUT2D eigenvalue weighted by Gasteiger charge is -2.16. The Morgan fingerprint density at radius 3 is 2.70 bits per heavy atom. The molecule has 0 radical (unpaired) electrons. The van der Waals surface area contributed by atoms with Gasteiger partial charge in [0.15, 0.2) is 0 Å². The molecule has 0 spiro atoms. The third-order valence-corrected chi connectivity index (χ3v) is 4.86. The monoisotopic (exact) mass is 327 g/mol. The summed E-state index contributed by atoms with van der Waals surface area (Å²) in [5.74, 6) is 0.818. The Kier molecular flexibility index (Phi) is 5.61. The molecule has 1 atom stereocenters. The minimum absolute atomic E-state index is 0.0982. The predicted octanol–water partition coefficient (Wildman–Crippen LogP) is 4.79. The maximum Gasteiger partial charge on any atom is 0.119 e. The lowest BCUT2D eigenvalue weighted by atomic mass is 10.1. The number of nitrogens with two attached hydrogens (primary N) is 1. The Balaban J connectivity index is 2.26. The molecule has 2 aromatic rings. The molecule has 0 aliphatic carbocycles. The molecule has 5 heteroatoms. The number of rotatable bonds is 5. The molecule has 2 aromatic carbocycles. The second-order valence-corrected chi connectivity index (χ2v) is 6.28. The van der Waals surface area contributed by atoms with E-state index in [-0.39, 0.29) is 5.25 Å². The first-order valence-corrected chi connectivity index (χ1v) is 7.73. The average Bonchev–Trinajstić information content (AvgIpc) is 2.48. The maximum absolute atomic E-state index is 6.20. The Morgan fingerprint density at radius 2 is 2.00 bits per heavy atom. The summed E-state index contributed by atoms with van der Waals surface area (Å²) >= 11 is 13.8. The van der Waals surface area contributed by atoms with Crippen LogP contribution in [0, 0.1) is 0 Å². The zero-order chi connectivity index (χ0) is 14.5. The van der Waals surface area contributed by atoms with E-state index >= 15 is 0 Å². The third-order valence-electron chi connectivity index (χ3n) is 2.84. The zero-order valence-corrected chi connectivity index (χ0v) is 13.3. The van der Waals surface area contributed by atoms with Gasteiger partial charge in [-0.15, -0.1) is 11.8 Å². The molecule has 0 amide bonds. The minimum Gasteiger partial charge on any atom is -0.497 e. The average molecular weight is 328 g/mol. The highest BCUT2D eigenvalue weighted by Gasteiger charge is 2.14. The van der Waals surface area contributed by atoms with Crippen molar-refractivity contribution < 1.29 is 4.74 Å². The molecule has 0 aromatic heterocycles. The highest BCUT2D eigenvalue weighted by Crippen LogP contribution is 2.39.